The molecule has 3 nitrogen and oxygen atoms in total. The molecule has 0 aliphatic rings. The first kappa shape index (κ1) is 20.4. The van der Waals surface area contributed by atoms with Crippen LogP contribution in [0, 0.1) is 0 Å². The van der Waals surface area contributed by atoms with Crippen LogP contribution in [0.4, 0.5) is 13.2 Å². The van der Waals surface area contributed by atoms with Crippen LogP contribution in [-0.2, 0) is 11.6 Å². The highest BCUT2D eigenvalue weighted by atomic mass is 19.4. The summed E-state index contributed by atoms with van der Waals surface area (Å²) < 4.78 is 41.3. The van der Waals surface area contributed by atoms with Gasteiger partial charge in [0.25, 0.3) is 0 Å². The Morgan fingerprint density at radius 2 is 1.44 bits per heavy atom. The summed E-state index contributed by atoms with van der Waals surface area (Å²) in [6.45, 7) is 6.41. The first-order valence-electron chi connectivity index (χ1n) is 10.3. The first-order valence-corrected chi connectivity index (χ1v) is 10.3. The molecule has 0 radical (unpaired) electrons. The van der Waals surface area contributed by atoms with E-state index < -0.39 is 11.7 Å². The fourth-order valence-electron chi connectivity index (χ4n) is 4.34. The van der Waals surface area contributed by atoms with Gasteiger partial charge in [0.1, 0.15) is 11.2 Å². The second-order valence-corrected chi connectivity index (χ2v) is 9.00. The zero-order chi connectivity index (χ0) is 22.7. The van der Waals surface area contributed by atoms with Crippen molar-refractivity contribution in [1.82, 2.24) is 15.4 Å². The third-order valence-electron chi connectivity index (χ3n) is 5.81. The van der Waals surface area contributed by atoms with Gasteiger partial charge in [-0.1, -0.05) is 63.2 Å². The normalized spacial score (nSPS) is 12.7. The van der Waals surface area contributed by atoms with Gasteiger partial charge in [0, 0.05) is 16.3 Å². The number of hydrogen-bond acceptors (Lipinski definition) is 3. The summed E-state index contributed by atoms with van der Waals surface area (Å²) in [6.07, 6.45) is -4.50. The molecule has 160 valence electrons. The lowest BCUT2D eigenvalue weighted by atomic mass is 9.82. The molecule has 0 spiro atoms. The minimum Gasteiger partial charge on any atom is -0.166 e. The van der Waals surface area contributed by atoms with Gasteiger partial charge in [0.05, 0.1) is 5.56 Å². The third kappa shape index (κ3) is 3.27. The number of benzene rings is 4. The molecule has 5 rings (SSSR count). The van der Waals surface area contributed by atoms with Crippen molar-refractivity contribution >= 4 is 32.4 Å². The maximum atomic E-state index is 13.8. The Morgan fingerprint density at radius 3 is 2.19 bits per heavy atom. The maximum Gasteiger partial charge on any atom is 0.417 e. The van der Waals surface area contributed by atoms with E-state index in [2.05, 4.69) is 48.3 Å². The average molecular weight is 431 g/mol. The van der Waals surface area contributed by atoms with Crippen molar-refractivity contribution in [2.24, 2.45) is 0 Å². The van der Waals surface area contributed by atoms with Gasteiger partial charge in [-0.25, -0.2) is 0 Å². The highest BCUT2D eigenvalue weighted by Crippen LogP contribution is 2.40. The van der Waals surface area contributed by atoms with E-state index in [0.29, 0.717) is 16.5 Å². The van der Waals surface area contributed by atoms with Crippen molar-refractivity contribution in [2.45, 2.75) is 32.4 Å². The molecule has 0 N–H and O–H groups in total. The van der Waals surface area contributed by atoms with E-state index >= 15 is 0 Å². The number of halogens is 3. The van der Waals surface area contributed by atoms with Crippen LogP contribution in [0.1, 0.15) is 31.9 Å². The largest absolute Gasteiger partial charge is 0.417 e. The number of hydrogen-bond donors (Lipinski definition) is 0. The zero-order valence-electron chi connectivity index (χ0n) is 17.8. The van der Waals surface area contributed by atoms with Crippen molar-refractivity contribution in [3.8, 4) is 11.3 Å². The summed E-state index contributed by atoms with van der Waals surface area (Å²) in [6, 6.07) is 19.8. The molecule has 0 atom stereocenters. The Kier molecular flexibility index (Phi) is 4.45. The lowest BCUT2D eigenvalue weighted by Crippen LogP contribution is -2.12. The van der Waals surface area contributed by atoms with Crippen molar-refractivity contribution in [1.29, 1.82) is 0 Å². The predicted molar refractivity (Wildman–Crippen MR) is 121 cm³/mol. The van der Waals surface area contributed by atoms with Gasteiger partial charge in [-0.05, 0) is 56.6 Å². The standard InChI is InChI=1S/C26H20F3N3/c1-25(2,3)21-14-17(13-16-7-4-5-9-18(16)21)23-19-12-11-15-8-6-10-20(26(27,28)29)22(15)24(19)31-32-30-23/h4-14H,1-3H3. The molecule has 0 saturated heterocycles. The molecule has 0 aliphatic heterocycles. The SMILES string of the molecule is CC(C)(C)c1cc(-c2nnnc3c2ccc2cccc(C(F)(F)F)c23)cc2ccccc12. The summed E-state index contributed by atoms with van der Waals surface area (Å²) >= 11 is 0. The topological polar surface area (TPSA) is 38.7 Å². The number of nitrogens with zero attached hydrogens (tertiary/aromatic N) is 3. The minimum atomic E-state index is -4.50. The van der Waals surface area contributed by atoms with Crippen LogP contribution in [0.15, 0.2) is 66.7 Å². The molecule has 32 heavy (non-hydrogen) atoms. The lowest BCUT2D eigenvalue weighted by molar-refractivity contribution is -0.136. The smallest absolute Gasteiger partial charge is 0.166 e. The Balaban J connectivity index is 1.87. The fourth-order valence-corrected chi connectivity index (χ4v) is 4.34. The van der Waals surface area contributed by atoms with Crippen molar-refractivity contribution in [3.05, 3.63) is 77.9 Å². The molecular weight excluding hydrogens is 411 g/mol. The van der Waals surface area contributed by atoms with E-state index in [-0.39, 0.29) is 16.3 Å². The van der Waals surface area contributed by atoms with Crippen LogP contribution >= 0.6 is 0 Å². The molecule has 6 heteroatoms. The van der Waals surface area contributed by atoms with E-state index in [1.807, 2.05) is 24.3 Å². The predicted octanol–water partition coefficient (Wildman–Crippen LogP) is 7.31. The van der Waals surface area contributed by atoms with Gasteiger partial charge in [0.2, 0.25) is 0 Å². The van der Waals surface area contributed by atoms with Gasteiger partial charge in [-0.3, -0.25) is 0 Å². The maximum absolute atomic E-state index is 13.8. The van der Waals surface area contributed by atoms with Crippen LogP contribution in [0.25, 0.3) is 43.7 Å². The van der Waals surface area contributed by atoms with E-state index in [4.69, 9.17) is 0 Å². The molecule has 0 saturated carbocycles. The van der Waals surface area contributed by atoms with E-state index in [0.717, 1.165) is 28.0 Å². The molecule has 0 fully saturated rings. The zero-order valence-corrected chi connectivity index (χ0v) is 17.8. The highest BCUT2D eigenvalue weighted by molar-refractivity contribution is 6.10. The monoisotopic (exact) mass is 431 g/mol. The molecule has 0 aliphatic carbocycles. The quantitative estimate of drug-likeness (QED) is 0.261. The molecule has 0 amide bonds. The summed E-state index contributed by atoms with van der Waals surface area (Å²) in [4.78, 5) is 0. The van der Waals surface area contributed by atoms with Crippen LogP contribution in [0.5, 0.6) is 0 Å². The molecule has 1 aromatic heterocycles. The van der Waals surface area contributed by atoms with Crippen LogP contribution < -0.4 is 0 Å². The molecule has 0 bridgehead atoms. The minimum absolute atomic E-state index is 0.0467. The Labute approximate surface area is 182 Å². The average Bonchev–Trinajstić information content (AvgIpc) is 2.76. The molecule has 4 aromatic carbocycles. The summed E-state index contributed by atoms with van der Waals surface area (Å²) in [5.41, 5.74) is 1.80. The van der Waals surface area contributed by atoms with Gasteiger partial charge in [-0.2, -0.15) is 13.2 Å². The second kappa shape index (κ2) is 6.99. The van der Waals surface area contributed by atoms with E-state index in [1.54, 1.807) is 18.2 Å². The van der Waals surface area contributed by atoms with Gasteiger partial charge >= 0.3 is 6.18 Å². The van der Waals surface area contributed by atoms with Gasteiger partial charge in [-0.15, -0.1) is 10.2 Å². The van der Waals surface area contributed by atoms with Crippen LogP contribution in [0.2, 0.25) is 0 Å². The fraction of sp³-hybridized carbons (Fsp3) is 0.192. The number of alkyl halides is 3. The highest BCUT2D eigenvalue weighted by Gasteiger charge is 2.33. The molecule has 5 aromatic rings. The Hall–Kier alpha value is -3.54. The summed E-state index contributed by atoms with van der Waals surface area (Å²) in [7, 11) is 0. The second-order valence-electron chi connectivity index (χ2n) is 9.00. The van der Waals surface area contributed by atoms with Gasteiger partial charge in [0.15, 0.2) is 0 Å². The van der Waals surface area contributed by atoms with Crippen molar-refractivity contribution in [3.63, 3.8) is 0 Å². The first-order chi connectivity index (χ1) is 15.1. The van der Waals surface area contributed by atoms with E-state index in [1.165, 1.54) is 6.07 Å². The van der Waals surface area contributed by atoms with Crippen molar-refractivity contribution in [2.75, 3.05) is 0 Å². The number of rotatable bonds is 1. The number of aromatic nitrogens is 3. The third-order valence-corrected chi connectivity index (χ3v) is 5.81. The van der Waals surface area contributed by atoms with E-state index in [9.17, 15) is 13.2 Å². The lowest BCUT2D eigenvalue weighted by Gasteiger charge is -2.23. The van der Waals surface area contributed by atoms with Crippen LogP contribution in [0.3, 0.4) is 0 Å². The van der Waals surface area contributed by atoms with Crippen molar-refractivity contribution < 1.29 is 13.2 Å². The van der Waals surface area contributed by atoms with Gasteiger partial charge < -0.3 is 0 Å². The summed E-state index contributed by atoms with van der Waals surface area (Å²) in [5, 5.41) is 15.4. The summed E-state index contributed by atoms with van der Waals surface area (Å²) in [5.74, 6) is 0. The molecular formula is C26H20F3N3. The Morgan fingerprint density at radius 1 is 0.688 bits per heavy atom. The molecule has 1 heterocycles. The van der Waals surface area contributed by atoms with Crippen LogP contribution in [-0.4, -0.2) is 15.4 Å². The number of fused-ring (bicyclic) bond motifs is 4. The molecule has 0 unspecified atom stereocenters. The Bertz CT molecular complexity index is 1500.